The fourth-order valence-electron chi connectivity index (χ4n) is 3.32. The monoisotopic (exact) mass is 335 g/mol. The molecule has 2 heterocycles. The summed E-state index contributed by atoms with van der Waals surface area (Å²) in [4.78, 5) is 24.6. The molecule has 1 N–H and O–H groups in total. The van der Waals surface area contributed by atoms with Crippen molar-refractivity contribution in [3.05, 3.63) is 65.7 Å². The van der Waals surface area contributed by atoms with E-state index in [4.69, 9.17) is 4.74 Å². The van der Waals surface area contributed by atoms with Gasteiger partial charge in [-0.15, -0.1) is 0 Å². The van der Waals surface area contributed by atoms with Crippen LogP contribution in [0.25, 0.3) is 0 Å². The van der Waals surface area contributed by atoms with Gasteiger partial charge in [0.05, 0.1) is 19.4 Å². The fourth-order valence-corrected chi connectivity index (χ4v) is 3.32. The van der Waals surface area contributed by atoms with Crippen molar-refractivity contribution in [2.24, 2.45) is 11.0 Å². The van der Waals surface area contributed by atoms with Gasteiger partial charge in [-0.2, -0.15) is 5.10 Å². The van der Waals surface area contributed by atoms with Crippen LogP contribution < -0.4 is 10.1 Å². The highest BCUT2D eigenvalue weighted by molar-refractivity contribution is 6.23. The number of nitrogens with zero attached hydrogens (tertiary/aromatic N) is 2. The second kappa shape index (κ2) is 6.05. The summed E-state index contributed by atoms with van der Waals surface area (Å²) in [5.74, 6) is -0.435. The first kappa shape index (κ1) is 15.4. The predicted molar refractivity (Wildman–Crippen MR) is 91.9 cm³/mol. The van der Waals surface area contributed by atoms with Crippen molar-refractivity contribution in [3.63, 3.8) is 0 Å². The average molecular weight is 335 g/mol. The smallest absolute Gasteiger partial charge is 0.252 e. The van der Waals surface area contributed by atoms with Crippen molar-refractivity contribution in [2.45, 2.75) is 12.6 Å². The third kappa shape index (κ3) is 2.65. The molecule has 126 valence electrons. The summed E-state index contributed by atoms with van der Waals surface area (Å²) in [5, 5.41) is 8.76. The number of hydrazone groups is 1. The first-order valence-corrected chi connectivity index (χ1v) is 8.05. The number of rotatable bonds is 4. The van der Waals surface area contributed by atoms with Gasteiger partial charge in [-0.1, -0.05) is 30.3 Å². The van der Waals surface area contributed by atoms with Gasteiger partial charge in [0.1, 0.15) is 17.7 Å². The molecule has 1 fully saturated rings. The molecule has 0 aromatic heterocycles. The van der Waals surface area contributed by atoms with E-state index in [9.17, 15) is 9.59 Å². The molecule has 2 atom stereocenters. The molecule has 2 aromatic carbocycles. The Labute approximate surface area is 145 Å². The quantitative estimate of drug-likeness (QED) is 0.861. The number of fused-ring (bicyclic) bond motifs is 1. The number of carbonyl (C=O) groups excluding carboxylic acids is 2. The molecule has 0 aliphatic carbocycles. The number of benzene rings is 2. The van der Waals surface area contributed by atoms with Crippen molar-refractivity contribution >= 4 is 17.5 Å². The molecule has 0 spiro atoms. The van der Waals surface area contributed by atoms with E-state index < -0.39 is 12.0 Å². The molecule has 1 saturated heterocycles. The van der Waals surface area contributed by atoms with Crippen LogP contribution in [0.1, 0.15) is 11.1 Å². The van der Waals surface area contributed by atoms with Gasteiger partial charge in [-0.25, -0.2) is 0 Å². The van der Waals surface area contributed by atoms with Crippen LogP contribution in [0, 0.1) is 5.92 Å². The highest BCUT2D eigenvalue weighted by atomic mass is 16.5. The van der Waals surface area contributed by atoms with Gasteiger partial charge < -0.3 is 4.74 Å². The highest BCUT2D eigenvalue weighted by Gasteiger charge is 2.52. The second-order valence-corrected chi connectivity index (χ2v) is 6.07. The van der Waals surface area contributed by atoms with E-state index in [1.807, 2.05) is 54.6 Å². The van der Waals surface area contributed by atoms with Crippen LogP contribution in [0.3, 0.4) is 0 Å². The Morgan fingerprint density at radius 3 is 2.44 bits per heavy atom. The van der Waals surface area contributed by atoms with Crippen LogP contribution in [-0.4, -0.2) is 35.7 Å². The molecule has 25 heavy (non-hydrogen) atoms. The number of nitrogens with one attached hydrogen (secondary N) is 1. The Morgan fingerprint density at radius 2 is 1.76 bits per heavy atom. The van der Waals surface area contributed by atoms with Gasteiger partial charge in [0.25, 0.3) is 5.91 Å². The summed E-state index contributed by atoms with van der Waals surface area (Å²) in [6.45, 7) is 0.475. The number of hydrogen-bond acceptors (Lipinski definition) is 5. The standard InChI is InChI=1S/C19H17N3O3/c1-25-14-9-7-13(8-10-14)16-15-17(19(24)20-18(15)23)22(21-16)11-12-5-3-2-4-6-12/h2-10,15,17H,11H2,1H3,(H,20,23,24)/t15-,17-/m0/s1. The lowest BCUT2D eigenvalue weighted by Crippen LogP contribution is -2.37. The number of carbonyl (C=O) groups is 2. The van der Waals surface area contributed by atoms with Gasteiger partial charge >= 0.3 is 0 Å². The van der Waals surface area contributed by atoms with E-state index in [0.717, 1.165) is 16.9 Å². The summed E-state index contributed by atoms with van der Waals surface area (Å²) < 4.78 is 5.17. The molecule has 0 unspecified atom stereocenters. The van der Waals surface area contributed by atoms with Crippen LogP contribution in [0.5, 0.6) is 5.75 Å². The lowest BCUT2D eigenvalue weighted by Gasteiger charge is -2.20. The van der Waals surface area contributed by atoms with Gasteiger partial charge in [-0.3, -0.25) is 19.9 Å². The lowest BCUT2D eigenvalue weighted by molar-refractivity contribution is -0.126. The summed E-state index contributed by atoms with van der Waals surface area (Å²) in [6, 6.07) is 16.5. The van der Waals surface area contributed by atoms with Crippen molar-refractivity contribution in [2.75, 3.05) is 7.11 Å². The molecule has 2 amide bonds. The van der Waals surface area contributed by atoms with E-state index in [1.165, 1.54) is 0 Å². The lowest BCUT2D eigenvalue weighted by atomic mass is 9.93. The maximum atomic E-state index is 12.3. The molecule has 6 nitrogen and oxygen atoms in total. The first-order valence-electron chi connectivity index (χ1n) is 8.05. The van der Waals surface area contributed by atoms with E-state index in [2.05, 4.69) is 10.4 Å². The highest BCUT2D eigenvalue weighted by Crippen LogP contribution is 2.31. The number of amides is 2. The molecule has 0 radical (unpaired) electrons. The Balaban J connectivity index is 1.70. The van der Waals surface area contributed by atoms with Gasteiger partial charge in [0.15, 0.2) is 0 Å². The van der Waals surface area contributed by atoms with Crippen LogP contribution >= 0.6 is 0 Å². The molecule has 2 aliphatic rings. The second-order valence-electron chi connectivity index (χ2n) is 6.07. The summed E-state index contributed by atoms with van der Waals surface area (Å²) in [7, 11) is 1.60. The molecule has 0 saturated carbocycles. The summed E-state index contributed by atoms with van der Waals surface area (Å²) in [6.07, 6.45) is 0. The number of imide groups is 1. The van der Waals surface area contributed by atoms with E-state index in [1.54, 1.807) is 12.1 Å². The number of methoxy groups -OCH3 is 1. The van der Waals surface area contributed by atoms with Crippen LogP contribution in [-0.2, 0) is 16.1 Å². The van der Waals surface area contributed by atoms with E-state index in [-0.39, 0.29) is 11.8 Å². The van der Waals surface area contributed by atoms with Crippen molar-refractivity contribution in [1.29, 1.82) is 0 Å². The molecule has 2 aromatic rings. The van der Waals surface area contributed by atoms with Gasteiger partial charge in [-0.05, 0) is 35.4 Å². The maximum Gasteiger partial charge on any atom is 0.252 e. The minimum absolute atomic E-state index is 0.292. The molecule has 6 heteroatoms. The van der Waals surface area contributed by atoms with E-state index >= 15 is 0 Å². The van der Waals surface area contributed by atoms with Crippen LogP contribution in [0.15, 0.2) is 59.7 Å². The molecule has 2 aliphatic heterocycles. The maximum absolute atomic E-state index is 12.3. The molecule has 4 rings (SSSR count). The zero-order valence-corrected chi connectivity index (χ0v) is 13.7. The van der Waals surface area contributed by atoms with E-state index in [0.29, 0.717) is 12.3 Å². The third-order valence-corrected chi connectivity index (χ3v) is 4.54. The SMILES string of the molecule is COc1ccc(C2=NN(Cc3ccccc3)[C@@H]3C(=O)NC(=O)[C@@H]23)cc1. The largest absolute Gasteiger partial charge is 0.497 e. The average Bonchev–Trinajstić information content (AvgIpc) is 3.15. The molecular formula is C19H17N3O3. The Bertz CT molecular complexity index is 846. The Kier molecular flexibility index (Phi) is 3.72. The predicted octanol–water partition coefficient (Wildman–Crippen LogP) is 1.56. The number of ether oxygens (including phenoxy) is 1. The van der Waals surface area contributed by atoms with Gasteiger partial charge in [0.2, 0.25) is 5.91 Å². The minimum atomic E-state index is -0.593. The third-order valence-electron chi connectivity index (χ3n) is 4.54. The van der Waals surface area contributed by atoms with Crippen molar-refractivity contribution in [3.8, 4) is 5.75 Å². The normalized spacial score (nSPS) is 21.8. The first-order chi connectivity index (χ1) is 12.2. The Morgan fingerprint density at radius 1 is 1.04 bits per heavy atom. The van der Waals surface area contributed by atoms with Gasteiger partial charge in [0, 0.05) is 0 Å². The van der Waals surface area contributed by atoms with Crippen molar-refractivity contribution < 1.29 is 14.3 Å². The zero-order valence-electron chi connectivity index (χ0n) is 13.7. The summed E-state index contributed by atoms with van der Waals surface area (Å²) in [5.41, 5.74) is 2.47. The zero-order chi connectivity index (χ0) is 17.4. The number of hydrogen-bond donors (Lipinski definition) is 1. The van der Waals surface area contributed by atoms with Crippen molar-refractivity contribution in [1.82, 2.24) is 10.3 Å². The molecular weight excluding hydrogens is 318 g/mol. The van der Waals surface area contributed by atoms with Crippen LogP contribution in [0.4, 0.5) is 0 Å². The summed E-state index contributed by atoms with van der Waals surface area (Å²) >= 11 is 0. The Hall–Kier alpha value is -3.15. The molecule has 0 bridgehead atoms. The van der Waals surface area contributed by atoms with Crippen LogP contribution in [0.2, 0.25) is 0 Å². The fraction of sp³-hybridized carbons (Fsp3) is 0.211. The minimum Gasteiger partial charge on any atom is -0.497 e. The topological polar surface area (TPSA) is 71.0 Å².